The highest BCUT2D eigenvalue weighted by Gasteiger charge is 2.17. The van der Waals surface area contributed by atoms with Gasteiger partial charge in [-0.1, -0.05) is 0 Å². The molecular weight excluding hydrogens is 295 g/mol. The van der Waals surface area contributed by atoms with Crippen molar-refractivity contribution in [3.63, 3.8) is 0 Å². The van der Waals surface area contributed by atoms with Crippen LogP contribution in [-0.4, -0.2) is 34.2 Å². The van der Waals surface area contributed by atoms with Gasteiger partial charge in [0.15, 0.2) is 0 Å². The zero-order valence-electron chi connectivity index (χ0n) is 12.9. The maximum absolute atomic E-state index is 13.8. The minimum Gasteiger partial charge on any atom is -0.383 e. The molecule has 7 heteroatoms. The fourth-order valence-corrected chi connectivity index (χ4v) is 2.64. The average molecular weight is 318 g/mol. The van der Waals surface area contributed by atoms with E-state index in [1.807, 2.05) is 20.8 Å². The molecule has 0 radical (unpaired) electrons. The fraction of sp³-hybridized carbons (Fsp3) is 0.571. The number of hydrogen-bond donors (Lipinski definition) is 2. The van der Waals surface area contributed by atoms with Crippen LogP contribution in [0, 0.1) is 5.82 Å². The van der Waals surface area contributed by atoms with Gasteiger partial charge in [0.25, 0.3) is 0 Å². The molecule has 5 nitrogen and oxygen atoms in total. The zero-order chi connectivity index (χ0) is 16.1. The first kappa shape index (κ1) is 18.0. The number of ether oxygens (including phenoxy) is 1. The molecule has 1 aromatic rings. The van der Waals surface area contributed by atoms with Crippen LogP contribution in [0.3, 0.4) is 0 Å². The number of benzene rings is 1. The van der Waals surface area contributed by atoms with Crippen LogP contribution in [0.15, 0.2) is 23.1 Å². The van der Waals surface area contributed by atoms with E-state index in [0.29, 0.717) is 5.56 Å². The molecular formula is C14H23FN2O3S. The van der Waals surface area contributed by atoms with E-state index in [-0.39, 0.29) is 30.1 Å². The van der Waals surface area contributed by atoms with Gasteiger partial charge in [-0.25, -0.2) is 17.5 Å². The lowest BCUT2D eigenvalue weighted by Crippen LogP contribution is -2.35. The number of halogens is 1. The SMILES string of the molecule is COCCNS(=O)(=O)c1ccc(F)c(CNC(C)(C)C)c1. The van der Waals surface area contributed by atoms with E-state index < -0.39 is 15.8 Å². The van der Waals surface area contributed by atoms with Crippen LogP contribution in [-0.2, 0) is 21.3 Å². The number of nitrogens with one attached hydrogen (secondary N) is 2. The largest absolute Gasteiger partial charge is 0.383 e. The average Bonchev–Trinajstić information content (AvgIpc) is 2.36. The molecule has 0 bridgehead atoms. The van der Waals surface area contributed by atoms with Crippen LogP contribution in [0.25, 0.3) is 0 Å². The Kier molecular flexibility index (Phi) is 6.27. The molecule has 2 N–H and O–H groups in total. The molecule has 21 heavy (non-hydrogen) atoms. The summed E-state index contributed by atoms with van der Waals surface area (Å²) in [6.07, 6.45) is 0. The first-order valence-corrected chi connectivity index (χ1v) is 8.16. The summed E-state index contributed by atoms with van der Waals surface area (Å²) in [6.45, 7) is 6.58. The van der Waals surface area contributed by atoms with Crippen LogP contribution < -0.4 is 10.0 Å². The molecule has 0 aliphatic rings. The molecule has 0 aliphatic heterocycles. The van der Waals surface area contributed by atoms with Gasteiger partial charge in [-0.05, 0) is 39.0 Å². The van der Waals surface area contributed by atoms with Crippen molar-refractivity contribution in [2.75, 3.05) is 20.3 Å². The lowest BCUT2D eigenvalue weighted by atomic mass is 10.1. The monoisotopic (exact) mass is 318 g/mol. The maximum atomic E-state index is 13.8. The Morgan fingerprint density at radius 2 is 1.95 bits per heavy atom. The highest BCUT2D eigenvalue weighted by atomic mass is 32.2. The second kappa shape index (κ2) is 7.31. The summed E-state index contributed by atoms with van der Waals surface area (Å²) in [6, 6.07) is 3.78. The normalized spacial score (nSPS) is 12.6. The molecule has 0 spiro atoms. The third-order valence-corrected chi connectivity index (χ3v) is 4.19. The molecule has 0 unspecified atom stereocenters. The molecule has 0 saturated carbocycles. The maximum Gasteiger partial charge on any atom is 0.240 e. The fourth-order valence-electron chi connectivity index (χ4n) is 1.58. The van der Waals surface area contributed by atoms with E-state index in [2.05, 4.69) is 10.0 Å². The van der Waals surface area contributed by atoms with Crippen molar-refractivity contribution in [1.82, 2.24) is 10.0 Å². The molecule has 120 valence electrons. The highest BCUT2D eigenvalue weighted by Crippen LogP contribution is 2.16. The number of rotatable bonds is 7. The van der Waals surface area contributed by atoms with E-state index in [0.717, 1.165) is 0 Å². The minimum atomic E-state index is -3.65. The van der Waals surface area contributed by atoms with Crippen LogP contribution in [0.2, 0.25) is 0 Å². The van der Waals surface area contributed by atoms with Crippen molar-refractivity contribution in [3.8, 4) is 0 Å². The smallest absolute Gasteiger partial charge is 0.240 e. The molecule has 0 amide bonds. The summed E-state index contributed by atoms with van der Waals surface area (Å²) in [7, 11) is -2.16. The molecule has 0 atom stereocenters. The van der Waals surface area contributed by atoms with Gasteiger partial charge < -0.3 is 10.1 Å². The van der Waals surface area contributed by atoms with Crippen LogP contribution in [0.4, 0.5) is 4.39 Å². The third-order valence-electron chi connectivity index (χ3n) is 2.73. The Labute approximate surface area is 125 Å². The number of methoxy groups -OCH3 is 1. The second-order valence-corrected chi connectivity index (χ2v) is 7.51. The Morgan fingerprint density at radius 1 is 1.29 bits per heavy atom. The molecule has 1 aromatic carbocycles. The second-order valence-electron chi connectivity index (χ2n) is 5.75. The summed E-state index contributed by atoms with van der Waals surface area (Å²) >= 11 is 0. The number of hydrogen-bond acceptors (Lipinski definition) is 4. The van der Waals surface area contributed by atoms with Gasteiger partial charge >= 0.3 is 0 Å². The summed E-state index contributed by atoms with van der Waals surface area (Å²) < 4.78 is 45.1. The minimum absolute atomic E-state index is 0.0470. The van der Waals surface area contributed by atoms with Gasteiger partial charge in [-0.3, -0.25) is 0 Å². The van der Waals surface area contributed by atoms with Crippen molar-refractivity contribution >= 4 is 10.0 Å². The summed E-state index contributed by atoms with van der Waals surface area (Å²) in [5.74, 6) is -0.428. The van der Waals surface area contributed by atoms with Crippen molar-refractivity contribution < 1.29 is 17.5 Å². The molecule has 0 fully saturated rings. The summed E-state index contributed by atoms with van der Waals surface area (Å²) in [4.78, 5) is 0.0470. The predicted octanol–water partition coefficient (Wildman–Crippen LogP) is 1.64. The Balaban J connectivity index is 2.90. The van der Waals surface area contributed by atoms with Crippen molar-refractivity contribution in [2.24, 2.45) is 0 Å². The zero-order valence-corrected chi connectivity index (χ0v) is 13.7. The van der Waals surface area contributed by atoms with Crippen molar-refractivity contribution in [2.45, 2.75) is 37.8 Å². The molecule has 0 heterocycles. The Morgan fingerprint density at radius 3 is 2.52 bits per heavy atom. The van der Waals surface area contributed by atoms with Crippen LogP contribution in [0.1, 0.15) is 26.3 Å². The topological polar surface area (TPSA) is 67.4 Å². The molecule has 0 saturated heterocycles. The van der Waals surface area contributed by atoms with Gasteiger partial charge in [0.05, 0.1) is 11.5 Å². The summed E-state index contributed by atoms with van der Waals surface area (Å²) in [5.41, 5.74) is 0.137. The Bertz CT molecular complexity index is 568. The van der Waals surface area contributed by atoms with Crippen molar-refractivity contribution in [3.05, 3.63) is 29.6 Å². The quantitative estimate of drug-likeness (QED) is 0.750. The molecule has 0 aliphatic carbocycles. The van der Waals surface area contributed by atoms with Crippen LogP contribution in [0.5, 0.6) is 0 Å². The lowest BCUT2D eigenvalue weighted by molar-refractivity contribution is 0.204. The third kappa shape index (κ3) is 6.09. The van der Waals surface area contributed by atoms with E-state index in [1.54, 1.807) is 0 Å². The Hall–Kier alpha value is -1.02. The molecule has 0 aromatic heterocycles. The van der Waals surface area contributed by atoms with E-state index in [1.165, 1.54) is 25.3 Å². The standard InChI is InChI=1S/C14H23FN2O3S/c1-14(2,3)16-10-11-9-12(5-6-13(11)15)21(18,19)17-7-8-20-4/h5-6,9,16-17H,7-8,10H2,1-4H3. The van der Waals surface area contributed by atoms with Gasteiger partial charge in [-0.2, -0.15) is 0 Å². The van der Waals surface area contributed by atoms with Gasteiger partial charge in [0.2, 0.25) is 10.0 Å². The lowest BCUT2D eigenvalue weighted by Gasteiger charge is -2.21. The van der Waals surface area contributed by atoms with Crippen LogP contribution >= 0.6 is 0 Å². The highest BCUT2D eigenvalue weighted by molar-refractivity contribution is 7.89. The summed E-state index contributed by atoms with van der Waals surface area (Å²) in [5, 5.41) is 3.13. The van der Waals surface area contributed by atoms with Gasteiger partial charge in [0, 0.05) is 31.3 Å². The first-order chi connectivity index (χ1) is 9.65. The number of sulfonamides is 1. The van der Waals surface area contributed by atoms with E-state index in [4.69, 9.17) is 4.74 Å². The van der Waals surface area contributed by atoms with Gasteiger partial charge in [0.1, 0.15) is 5.82 Å². The van der Waals surface area contributed by atoms with E-state index >= 15 is 0 Å². The van der Waals surface area contributed by atoms with Gasteiger partial charge in [-0.15, -0.1) is 0 Å². The molecule has 1 rings (SSSR count). The van der Waals surface area contributed by atoms with Crippen molar-refractivity contribution in [1.29, 1.82) is 0 Å². The van der Waals surface area contributed by atoms with E-state index in [9.17, 15) is 12.8 Å². The predicted molar refractivity (Wildman–Crippen MR) is 80.1 cm³/mol. The first-order valence-electron chi connectivity index (χ1n) is 6.68.